The first-order valence-electron chi connectivity index (χ1n) is 7.64. The third-order valence-electron chi connectivity index (χ3n) is 3.92. The molecule has 0 aliphatic carbocycles. The fraction of sp³-hybridized carbons (Fsp3) is 0.333. The maximum Gasteiger partial charge on any atom is 0.219 e. The molecule has 0 radical (unpaired) electrons. The second-order valence-corrected chi connectivity index (χ2v) is 6.43. The van der Waals surface area contributed by atoms with Crippen molar-refractivity contribution >= 4 is 33.3 Å². The van der Waals surface area contributed by atoms with E-state index in [0.29, 0.717) is 19.0 Å². The molecule has 9 heteroatoms. The van der Waals surface area contributed by atoms with Crippen LogP contribution in [0.2, 0.25) is 0 Å². The van der Waals surface area contributed by atoms with Gasteiger partial charge in [0.25, 0.3) is 0 Å². The molecule has 124 valence electrons. The van der Waals surface area contributed by atoms with Crippen LogP contribution in [0.15, 0.2) is 23.8 Å². The van der Waals surface area contributed by atoms with E-state index in [0.717, 1.165) is 34.7 Å². The largest absolute Gasteiger partial charge is 0.373 e. The Kier molecular flexibility index (Phi) is 3.97. The Labute approximate surface area is 142 Å². The highest BCUT2D eigenvalue weighted by molar-refractivity contribution is 7.17. The third kappa shape index (κ3) is 2.77. The normalized spacial score (nSPS) is 18.2. The van der Waals surface area contributed by atoms with Gasteiger partial charge in [0.2, 0.25) is 5.95 Å². The second-order valence-electron chi connectivity index (χ2n) is 5.51. The van der Waals surface area contributed by atoms with Crippen molar-refractivity contribution in [1.82, 2.24) is 19.9 Å². The summed E-state index contributed by atoms with van der Waals surface area (Å²) in [6, 6.07) is 1.99. The number of anilines is 2. The van der Waals surface area contributed by atoms with E-state index < -0.39 is 0 Å². The zero-order valence-electron chi connectivity index (χ0n) is 12.9. The molecule has 1 aliphatic rings. The molecular formula is C15H17N7OS. The molecule has 0 spiro atoms. The van der Waals surface area contributed by atoms with Gasteiger partial charge in [-0.15, -0.1) is 11.3 Å². The van der Waals surface area contributed by atoms with Crippen molar-refractivity contribution in [2.24, 2.45) is 5.73 Å². The van der Waals surface area contributed by atoms with Gasteiger partial charge >= 0.3 is 0 Å². The first kappa shape index (κ1) is 15.2. The van der Waals surface area contributed by atoms with Gasteiger partial charge in [-0.1, -0.05) is 0 Å². The van der Waals surface area contributed by atoms with Crippen molar-refractivity contribution in [1.29, 1.82) is 0 Å². The summed E-state index contributed by atoms with van der Waals surface area (Å²) in [5.41, 5.74) is 13.0. The Morgan fingerprint density at radius 1 is 1.29 bits per heavy atom. The van der Waals surface area contributed by atoms with Crippen LogP contribution in [0.4, 0.5) is 11.8 Å². The number of morpholine rings is 1. The summed E-state index contributed by atoms with van der Waals surface area (Å²) in [6.07, 6.45) is 3.30. The van der Waals surface area contributed by atoms with E-state index in [1.54, 1.807) is 23.7 Å². The molecule has 1 unspecified atom stereocenters. The lowest BCUT2D eigenvalue weighted by Crippen LogP contribution is -2.46. The zero-order valence-corrected chi connectivity index (χ0v) is 13.7. The molecule has 1 atom stereocenters. The number of aromatic nitrogens is 4. The maximum absolute atomic E-state index is 5.76. The Bertz CT molecular complexity index is 851. The van der Waals surface area contributed by atoms with Crippen molar-refractivity contribution < 1.29 is 4.74 Å². The van der Waals surface area contributed by atoms with Crippen molar-refractivity contribution in [3.63, 3.8) is 0 Å². The molecule has 0 saturated carbocycles. The fourth-order valence-electron chi connectivity index (χ4n) is 2.70. The molecule has 1 aliphatic heterocycles. The predicted molar refractivity (Wildman–Crippen MR) is 93.9 cm³/mol. The van der Waals surface area contributed by atoms with Gasteiger partial charge in [0, 0.05) is 32.0 Å². The number of nitrogens with zero attached hydrogens (tertiary/aromatic N) is 5. The summed E-state index contributed by atoms with van der Waals surface area (Å²) in [5, 5.41) is 2.02. The Balaban J connectivity index is 1.79. The third-order valence-corrected chi connectivity index (χ3v) is 4.82. The topological polar surface area (TPSA) is 116 Å². The molecule has 8 nitrogen and oxygen atoms in total. The molecular weight excluding hydrogens is 326 g/mol. The van der Waals surface area contributed by atoms with E-state index in [4.69, 9.17) is 21.2 Å². The standard InChI is InChI=1S/C15H17N7OS/c16-5-10-8-22(2-3-23-10)14-12-11(1-4-24-12)20-13(21-14)9-6-18-15(17)19-7-9/h1,4,6-7,10H,2-3,5,8,16H2,(H2,17,18,19). The van der Waals surface area contributed by atoms with Crippen LogP contribution in [-0.4, -0.2) is 52.3 Å². The summed E-state index contributed by atoms with van der Waals surface area (Å²) in [6.45, 7) is 2.63. The Morgan fingerprint density at radius 2 is 2.12 bits per heavy atom. The molecule has 4 heterocycles. The average molecular weight is 343 g/mol. The Hall–Kier alpha value is -2.36. The van der Waals surface area contributed by atoms with Gasteiger partial charge in [0.1, 0.15) is 0 Å². The van der Waals surface area contributed by atoms with Crippen molar-refractivity contribution in [2.45, 2.75) is 6.10 Å². The SMILES string of the molecule is NCC1CN(c2nc(-c3cnc(N)nc3)nc3ccsc23)CCO1. The summed E-state index contributed by atoms with van der Waals surface area (Å²) in [4.78, 5) is 19.7. The molecule has 0 bridgehead atoms. The van der Waals surface area contributed by atoms with Crippen LogP contribution in [0.3, 0.4) is 0 Å². The summed E-state index contributed by atoms with van der Waals surface area (Å²) in [5.74, 6) is 1.73. The van der Waals surface area contributed by atoms with E-state index in [1.807, 2.05) is 11.4 Å². The predicted octanol–water partition coefficient (Wildman–Crippen LogP) is 0.894. The van der Waals surface area contributed by atoms with E-state index in [2.05, 4.69) is 19.9 Å². The number of rotatable bonds is 3. The highest BCUT2D eigenvalue weighted by Gasteiger charge is 2.23. The van der Waals surface area contributed by atoms with Gasteiger partial charge in [0.05, 0.1) is 28.5 Å². The lowest BCUT2D eigenvalue weighted by atomic mass is 10.2. The molecule has 24 heavy (non-hydrogen) atoms. The lowest BCUT2D eigenvalue weighted by molar-refractivity contribution is 0.0464. The van der Waals surface area contributed by atoms with Crippen LogP contribution in [0.25, 0.3) is 21.6 Å². The van der Waals surface area contributed by atoms with Gasteiger partial charge in [-0.2, -0.15) is 0 Å². The monoisotopic (exact) mass is 343 g/mol. The van der Waals surface area contributed by atoms with Crippen molar-refractivity contribution in [2.75, 3.05) is 36.9 Å². The number of nitrogen functional groups attached to an aromatic ring is 1. The van der Waals surface area contributed by atoms with Gasteiger partial charge in [-0.25, -0.2) is 19.9 Å². The molecule has 4 N–H and O–H groups in total. The van der Waals surface area contributed by atoms with E-state index in [-0.39, 0.29) is 12.1 Å². The minimum atomic E-state index is 0.0204. The molecule has 1 fully saturated rings. The average Bonchev–Trinajstić information content (AvgIpc) is 3.10. The van der Waals surface area contributed by atoms with Gasteiger partial charge in [-0.05, 0) is 11.4 Å². The minimum Gasteiger partial charge on any atom is -0.373 e. The van der Waals surface area contributed by atoms with Gasteiger partial charge in [-0.3, -0.25) is 0 Å². The highest BCUT2D eigenvalue weighted by Crippen LogP contribution is 2.32. The zero-order chi connectivity index (χ0) is 16.5. The number of fused-ring (bicyclic) bond motifs is 1. The first-order chi connectivity index (χ1) is 11.7. The van der Waals surface area contributed by atoms with E-state index in [9.17, 15) is 0 Å². The van der Waals surface area contributed by atoms with Gasteiger partial charge < -0.3 is 21.1 Å². The van der Waals surface area contributed by atoms with Gasteiger partial charge in [0.15, 0.2) is 11.6 Å². The molecule has 0 amide bonds. The second kappa shape index (κ2) is 6.27. The van der Waals surface area contributed by atoms with Crippen LogP contribution in [0, 0.1) is 0 Å². The van der Waals surface area contributed by atoms with Crippen LogP contribution < -0.4 is 16.4 Å². The van der Waals surface area contributed by atoms with E-state index in [1.165, 1.54) is 0 Å². The Morgan fingerprint density at radius 3 is 2.92 bits per heavy atom. The quantitative estimate of drug-likeness (QED) is 0.720. The lowest BCUT2D eigenvalue weighted by Gasteiger charge is -2.33. The number of hydrogen-bond acceptors (Lipinski definition) is 9. The first-order valence-corrected chi connectivity index (χ1v) is 8.52. The molecule has 0 aromatic carbocycles. The molecule has 3 aromatic heterocycles. The van der Waals surface area contributed by atoms with E-state index >= 15 is 0 Å². The van der Waals surface area contributed by atoms with Crippen LogP contribution in [0.1, 0.15) is 0 Å². The molecule has 1 saturated heterocycles. The molecule has 4 rings (SSSR count). The smallest absolute Gasteiger partial charge is 0.219 e. The highest BCUT2D eigenvalue weighted by atomic mass is 32.1. The van der Waals surface area contributed by atoms with Crippen LogP contribution in [0.5, 0.6) is 0 Å². The number of nitrogens with two attached hydrogens (primary N) is 2. The van der Waals surface area contributed by atoms with Crippen LogP contribution >= 0.6 is 11.3 Å². The molecule has 3 aromatic rings. The fourth-order valence-corrected chi connectivity index (χ4v) is 3.55. The van der Waals surface area contributed by atoms with Crippen molar-refractivity contribution in [3.8, 4) is 11.4 Å². The summed E-state index contributed by atoms with van der Waals surface area (Å²) >= 11 is 1.63. The maximum atomic E-state index is 5.76. The number of hydrogen-bond donors (Lipinski definition) is 2. The van der Waals surface area contributed by atoms with Crippen LogP contribution in [-0.2, 0) is 4.74 Å². The minimum absolute atomic E-state index is 0.0204. The number of thiophene rings is 1. The summed E-state index contributed by atoms with van der Waals surface area (Å²) < 4.78 is 6.72. The van der Waals surface area contributed by atoms with Crippen molar-refractivity contribution in [3.05, 3.63) is 23.8 Å². The summed E-state index contributed by atoms with van der Waals surface area (Å²) in [7, 11) is 0. The number of ether oxygens (including phenoxy) is 1.